The molecule has 2 aliphatic heterocycles. The van der Waals surface area contributed by atoms with Crippen molar-refractivity contribution in [3.05, 3.63) is 11.1 Å². The molecule has 14 heavy (non-hydrogen) atoms. The summed E-state index contributed by atoms with van der Waals surface area (Å²) in [5, 5.41) is 6.78. The Hall–Kier alpha value is -0.380. The van der Waals surface area contributed by atoms with Gasteiger partial charge in [-0.1, -0.05) is 5.57 Å². The summed E-state index contributed by atoms with van der Waals surface area (Å²) >= 11 is 0. The van der Waals surface area contributed by atoms with Gasteiger partial charge in [-0.2, -0.15) is 0 Å². The van der Waals surface area contributed by atoms with Crippen molar-refractivity contribution >= 4 is 0 Å². The van der Waals surface area contributed by atoms with Crippen LogP contribution in [-0.4, -0.2) is 39.4 Å². The highest BCUT2D eigenvalue weighted by Crippen LogP contribution is 2.11. The number of rotatable bonds is 4. The van der Waals surface area contributed by atoms with Gasteiger partial charge in [0, 0.05) is 32.8 Å². The summed E-state index contributed by atoms with van der Waals surface area (Å²) in [6.07, 6.45) is 1.23. The molecule has 0 amide bonds. The van der Waals surface area contributed by atoms with Gasteiger partial charge < -0.3 is 15.4 Å². The molecule has 2 N–H and O–H groups in total. The molecule has 0 bridgehead atoms. The smallest absolute Gasteiger partial charge is 0.0507 e. The van der Waals surface area contributed by atoms with Gasteiger partial charge in [0.25, 0.3) is 0 Å². The molecule has 2 aliphatic rings. The molecule has 0 aromatic rings. The summed E-state index contributed by atoms with van der Waals surface area (Å²) < 4.78 is 5.33. The van der Waals surface area contributed by atoms with Crippen molar-refractivity contribution in [2.45, 2.75) is 13.3 Å². The molecule has 1 atom stereocenters. The first kappa shape index (κ1) is 10.1. The summed E-state index contributed by atoms with van der Waals surface area (Å²) in [6.45, 7) is 8.49. The lowest BCUT2D eigenvalue weighted by Crippen LogP contribution is -2.36. The Labute approximate surface area is 85.9 Å². The van der Waals surface area contributed by atoms with Crippen LogP contribution in [0.25, 0.3) is 0 Å². The molecule has 0 aliphatic carbocycles. The van der Waals surface area contributed by atoms with Crippen molar-refractivity contribution in [2.75, 3.05) is 39.4 Å². The molecule has 2 heterocycles. The van der Waals surface area contributed by atoms with Gasteiger partial charge in [-0.3, -0.25) is 0 Å². The molecule has 0 aromatic carbocycles. The third kappa shape index (κ3) is 2.56. The van der Waals surface area contributed by atoms with Crippen LogP contribution in [0.2, 0.25) is 0 Å². The molecule has 80 valence electrons. The number of hydrogen-bond donors (Lipinski definition) is 2. The van der Waals surface area contributed by atoms with Crippen LogP contribution in [0.15, 0.2) is 11.1 Å². The van der Waals surface area contributed by atoms with Crippen LogP contribution < -0.4 is 10.6 Å². The maximum absolute atomic E-state index is 5.33. The molecule has 2 rings (SSSR count). The van der Waals surface area contributed by atoms with Gasteiger partial charge in [-0.15, -0.1) is 0 Å². The van der Waals surface area contributed by atoms with Crippen LogP contribution in [0.4, 0.5) is 0 Å². The number of ether oxygens (including phenoxy) is 1. The van der Waals surface area contributed by atoms with Crippen LogP contribution in [0.1, 0.15) is 13.3 Å². The molecule has 0 spiro atoms. The average molecular weight is 196 g/mol. The van der Waals surface area contributed by atoms with Gasteiger partial charge in [0.05, 0.1) is 6.61 Å². The molecule has 0 saturated carbocycles. The normalized spacial score (nSPS) is 26.4. The standard InChI is InChI=1S/C11H20N2O/c1-9(11-6-13-7-11)4-12-5-10-2-3-14-8-10/h10,12-13H,2-8H2,1H3. The molecule has 0 radical (unpaired) electrons. The van der Waals surface area contributed by atoms with Gasteiger partial charge >= 0.3 is 0 Å². The topological polar surface area (TPSA) is 33.3 Å². The maximum Gasteiger partial charge on any atom is 0.0507 e. The fourth-order valence-electron chi connectivity index (χ4n) is 1.88. The summed E-state index contributed by atoms with van der Waals surface area (Å²) in [7, 11) is 0. The van der Waals surface area contributed by atoms with E-state index >= 15 is 0 Å². The lowest BCUT2D eigenvalue weighted by molar-refractivity contribution is 0.185. The Kier molecular flexibility index (Phi) is 3.56. The van der Waals surface area contributed by atoms with E-state index in [9.17, 15) is 0 Å². The highest BCUT2D eigenvalue weighted by Gasteiger charge is 2.15. The number of hydrogen-bond acceptors (Lipinski definition) is 3. The Morgan fingerprint density at radius 1 is 1.57 bits per heavy atom. The number of nitrogens with one attached hydrogen (secondary N) is 2. The third-order valence-electron chi connectivity index (χ3n) is 3.13. The molecular weight excluding hydrogens is 176 g/mol. The predicted octanol–water partition coefficient (Wildman–Crippen LogP) is 0.532. The Balaban J connectivity index is 1.62. The van der Waals surface area contributed by atoms with E-state index in [0.717, 1.165) is 45.3 Å². The van der Waals surface area contributed by atoms with E-state index in [2.05, 4.69) is 17.6 Å². The fourth-order valence-corrected chi connectivity index (χ4v) is 1.88. The molecular formula is C11H20N2O. The summed E-state index contributed by atoms with van der Waals surface area (Å²) in [5.41, 5.74) is 3.10. The zero-order valence-electron chi connectivity index (χ0n) is 8.94. The van der Waals surface area contributed by atoms with E-state index in [4.69, 9.17) is 4.74 Å². The summed E-state index contributed by atoms with van der Waals surface area (Å²) in [4.78, 5) is 0. The van der Waals surface area contributed by atoms with E-state index in [1.54, 1.807) is 5.57 Å². The Morgan fingerprint density at radius 3 is 3.00 bits per heavy atom. The quantitative estimate of drug-likeness (QED) is 0.644. The molecule has 3 nitrogen and oxygen atoms in total. The van der Waals surface area contributed by atoms with Crippen molar-refractivity contribution in [2.24, 2.45) is 5.92 Å². The highest BCUT2D eigenvalue weighted by molar-refractivity contribution is 5.22. The van der Waals surface area contributed by atoms with Crippen LogP contribution in [0.3, 0.4) is 0 Å². The van der Waals surface area contributed by atoms with E-state index in [1.807, 2.05) is 0 Å². The first-order valence-electron chi connectivity index (χ1n) is 5.53. The van der Waals surface area contributed by atoms with Crippen molar-refractivity contribution in [3.8, 4) is 0 Å². The van der Waals surface area contributed by atoms with Gasteiger partial charge in [-0.05, 0) is 24.8 Å². The SMILES string of the molecule is CC(CNCC1CCOC1)=C1CNC1. The first-order chi connectivity index (χ1) is 6.86. The van der Waals surface area contributed by atoms with E-state index in [1.165, 1.54) is 12.0 Å². The van der Waals surface area contributed by atoms with Crippen molar-refractivity contribution in [3.63, 3.8) is 0 Å². The lowest BCUT2D eigenvalue weighted by atomic mass is 10.0. The van der Waals surface area contributed by atoms with Crippen LogP contribution in [-0.2, 0) is 4.74 Å². The van der Waals surface area contributed by atoms with E-state index in [-0.39, 0.29) is 0 Å². The average Bonchev–Trinajstić information content (AvgIpc) is 2.53. The van der Waals surface area contributed by atoms with Crippen LogP contribution >= 0.6 is 0 Å². The fraction of sp³-hybridized carbons (Fsp3) is 0.818. The maximum atomic E-state index is 5.33. The second kappa shape index (κ2) is 4.91. The van der Waals surface area contributed by atoms with Gasteiger partial charge in [0.2, 0.25) is 0 Å². The Morgan fingerprint density at radius 2 is 2.43 bits per heavy atom. The van der Waals surface area contributed by atoms with Crippen molar-refractivity contribution in [1.82, 2.24) is 10.6 Å². The summed E-state index contributed by atoms with van der Waals surface area (Å²) in [6, 6.07) is 0. The van der Waals surface area contributed by atoms with Crippen LogP contribution in [0, 0.1) is 5.92 Å². The molecule has 2 fully saturated rings. The zero-order chi connectivity index (χ0) is 9.80. The zero-order valence-corrected chi connectivity index (χ0v) is 8.94. The van der Waals surface area contributed by atoms with Crippen LogP contribution in [0.5, 0.6) is 0 Å². The van der Waals surface area contributed by atoms with Crippen molar-refractivity contribution in [1.29, 1.82) is 0 Å². The first-order valence-corrected chi connectivity index (χ1v) is 5.53. The van der Waals surface area contributed by atoms with Gasteiger partial charge in [-0.25, -0.2) is 0 Å². The molecule has 1 unspecified atom stereocenters. The largest absolute Gasteiger partial charge is 0.381 e. The third-order valence-corrected chi connectivity index (χ3v) is 3.13. The summed E-state index contributed by atoms with van der Waals surface area (Å²) in [5.74, 6) is 0.743. The van der Waals surface area contributed by atoms with Crippen molar-refractivity contribution < 1.29 is 4.74 Å². The Bertz CT molecular complexity index is 213. The van der Waals surface area contributed by atoms with E-state index in [0.29, 0.717) is 0 Å². The minimum absolute atomic E-state index is 0.743. The molecule has 3 heteroatoms. The predicted molar refractivity (Wildman–Crippen MR) is 57.4 cm³/mol. The lowest BCUT2D eigenvalue weighted by Gasteiger charge is -2.22. The van der Waals surface area contributed by atoms with E-state index < -0.39 is 0 Å². The highest BCUT2D eigenvalue weighted by atomic mass is 16.5. The minimum Gasteiger partial charge on any atom is -0.381 e. The van der Waals surface area contributed by atoms with Gasteiger partial charge in [0.1, 0.15) is 0 Å². The second-order valence-electron chi connectivity index (χ2n) is 4.35. The second-order valence-corrected chi connectivity index (χ2v) is 4.35. The molecule has 2 saturated heterocycles. The molecule has 0 aromatic heterocycles. The monoisotopic (exact) mass is 196 g/mol. The van der Waals surface area contributed by atoms with Gasteiger partial charge in [0.15, 0.2) is 0 Å². The minimum atomic E-state index is 0.743.